The fourth-order valence-electron chi connectivity index (χ4n) is 17.5. The van der Waals surface area contributed by atoms with E-state index in [0.717, 1.165) is 79.7 Å². The largest absolute Gasteiger partial charge is 1.00 e. The minimum absolute atomic E-state index is 0. The van der Waals surface area contributed by atoms with Crippen molar-refractivity contribution in [1.82, 2.24) is 0 Å². The molecule has 3 aromatic rings. The molecule has 14 fully saturated rings. The first kappa shape index (κ1) is 57.8. The van der Waals surface area contributed by atoms with E-state index >= 15 is 0 Å². The van der Waals surface area contributed by atoms with Crippen LogP contribution in [0.3, 0.4) is 0 Å². The Bertz CT molecular complexity index is 1900. The van der Waals surface area contributed by atoms with Gasteiger partial charge < -0.3 is 25.4 Å². The summed E-state index contributed by atoms with van der Waals surface area (Å²) in [5, 5.41) is 15.8. The van der Waals surface area contributed by atoms with Crippen molar-refractivity contribution in [2.45, 2.75) is 199 Å². The third-order valence-corrected chi connectivity index (χ3v) is 19.4. The Hall–Kier alpha value is -1.33. The smallest absolute Gasteiger partial charge is 1.00 e. The number of nitrogens with zero attached hydrogens (tertiary/aromatic N) is 4. The topological polar surface area (TPSA) is 73.1 Å². The van der Waals surface area contributed by atoms with Gasteiger partial charge in [0.05, 0.1) is 0 Å². The molecule has 2 heterocycles. The van der Waals surface area contributed by atoms with Crippen LogP contribution in [0.15, 0.2) is 58.4 Å². The minimum Gasteiger partial charge on any atom is 1.00 e. The zero-order valence-corrected chi connectivity index (χ0v) is 51.2. The normalized spacial score (nSPS) is 34.6. The molecule has 12 aliphatic carbocycles. The van der Waals surface area contributed by atoms with Crippen molar-refractivity contribution >= 4 is 46.2 Å². The molecule has 393 valence electrons. The van der Waals surface area contributed by atoms with Crippen LogP contribution in [-0.2, 0) is 39.3 Å². The fourth-order valence-corrected chi connectivity index (χ4v) is 17.5. The molecule has 0 unspecified atom stereocenters. The molecule has 3 aromatic carbocycles. The van der Waals surface area contributed by atoms with E-state index in [2.05, 4.69) is 125 Å². The minimum atomic E-state index is 0. The van der Waals surface area contributed by atoms with Gasteiger partial charge in [0.1, 0.15) is 0 Å². The predicted octanol–water partition coefficient (Wildman–Crippen LogP) is 15.0. The summed E-state index contributed by atoms with van der Waals surface area (Å²) in [7, 11) is 0. The van der Waals surface area contributed by atoms with Gasteiger partial charge in [-0.3, -0.25) is 0 Å². The second-order valence-electron chi connectivity index (χ2n) is 25.8. The fraction of sp³-hybridized carbons (Fsp3) is 0.698. The molecule has 0 atom stereocenters. The van der Waals surface area contributed by atoms with Gasteiger partial charge in [-0.25, -0.2) is 0 Å². The van der Waals surface area contributed by atoms with Crippen LogP contribution in [-0.4, -0.2) is 47.4 Å². The SMILES string of the molecule is C1CCOC1.C1CCOC1.Cc1cc(C)cc([N-]C23CC4CC(CC(C4)C2)C3)c1.Cc1cc(C)cc([N-]C23CC4CC(CC(C4)C2)C3)c1.Cc1cc(C)cc([N-]C23CC4CC(CC(C4)C2)C3)c1.S=C([S-])[N]=[V].[Na+]. The molecule has 0 aromatic heterocycles. The number of thiocarbonyl (C=S) groups is 1. The van der Waals surface area contributed by atoms with Gasteiger partial charge in [-0.15, -0.1) is 33.7 Å². The number of aryl methyl sites for hydroxylation is 6. The Kier molecular flexibility index (Phi) is 20.7. The summed E-state index contributed by atoms with van der Waals surface area (Å²) in [6, 6.07) is 20.4. The molecule has 0 N–H and O–H groups in total. The van der Waals surface area contributed by atoms with Crippen molar-refractivity contribution in [1.29, 1.82) is 0 Å². The molecular weight excluding hydrogens is 983 g/mol. The molecule has 12 bridgehead atoms. The van der Waals surface area contributed by atoms with Crippen molar-refractivity contribution in [3.63, 3.8) is 0 Å². The van der Waals surface area contributed by atoms with E-state index in [0.29, 0.717) is 16.6 Å². The van der Waals surface area contributed by atoms with Crippen LogP contribution in [0.5, 0.6) is 0 Å². The molecule has 17 rings (SSSR count). The van der Waals surface area contributed by atoms with Crippen LogP contribution in [0.2, 0.25) is 0 Å². The molecule has 0 radical (unpaired) electrons. The Morgan fingerprint density at radius 2 is 0.603 bits per heavy atom. The van der Waals surface area contributed by atoms with E-state index in [1.807, 2.05) is 17.2 Å². The van der Waals surface area contributed by atoms with Gasteiger partial charge in [0.25, 0.3) is 0 Å². The third kappa shape index (κ3) is 16.4. The summed E-state index contributed by atoms with van der Waals surface area (Å²) >= 11 is 10.6. The van der Waals surface area contributed by atoms with E-state index in [1.165, 1.54) is 192 Å². The van der Waals surface area contributed by atoms with E-state index in [9.17, 15) is 0 Å². The standard InChI is InChI=1S/3C18H24N.2C4H8O.CHNS2.Na.V/c3*1-12-3-13(2)5-17(4-12)19-18-9-14-6-15(10-18)8-16(7-14)11-18;2*1-2-4-5-3-1;2-1(3)4;;/h3*3-5,14-16H,6-11H2,1-2H3;2*1-4H2;(H,3,4);;/q3*-1;;;;+1;/p-1. The molecule has 0 amide bonds. The number of hydrogen-bond acceptors (Lipinski definition) is 4. The summed E-state index contributed by atoms with van der Waals surface area (Å²) in [6.07, 6.45) is 30.9. The summed E-state index contributed by atoms with van der Waals surface area (Å²) in [6.45, 7) is 17.1. The van der Waals surface area contributed by atoms with Crippen LogP contribution in [0.25, 0.3) is 16.0 Å². The maximum atomic E-state index is 5.27. The first-order valence-electron chi connectivity index (χ1n) is 28.7. The van der Waals surface area contributed by atoms with Crippen molar-refractivity contribution in [2.75, 3.05) is 26.4 Å². The van der Waals surface area contributed by atoms with Crippen LogP contribution in [0, 0.1) is 94.8 Å². The van der Waals surface area contributed by atoms with Crippen LogP contribution >= 0.6 is 12.2 Å². The second-order valence-corrected chi connectivity index (χ2v) is 27.1. The van der Waals surface area contributed by atoms with Crippen LogP contribution < -0.4 is 29.6 Å². The molecule has 14 aliphatic rings. The molecule has 2 saturated heterocycles. The van der Waals surface area contributed by atoms with E-state index < -0.39 is 0 Å². The van der Waals surface area contributed by atoms with Crippen molar-refractivity contribution < 1.29 is 56.3 Å². The summed E-state index contributed by atoms with van der Waals surface area (Å²) < 4.78 is 13.5. The molecular formula is C63H88N4NaO2S2V-3. The van der Waals surface area contributed by atoms with E-state index in [1.54, 1.807) is 0 Å². The van der Waals surface area contributed by atoms with E-state index in [4.69, 9.17) is 25.4 Å². The number of ether oxygens (including phenoxy) is 2. The van der Waals surface area contributed by atoms with Gasteiger partial charge in [0, 0.05) is 26.4 Å². The molecule has 12 saturated carbocycles. The summed E-state index contributed by atoms with van der Waals surface area (Å²) in [4.78, 5) is 0. The van der Waals surface area contributed by atoms with Crippen LogP contribution in [0.1, 0.15) is 175 Å². The summed E-state index contributed by atoms with van der Waals surface area (Å²) in [5.74, 6) is 8.88. The van der Waals surface area contributed by atoms with Gasteiger partial charge in [0.2, 0.25) is 0 Å². The van der Waals surface area contributed by atoms with Gasteiger partial charge in [-0.1, -0.05) is 146 Å². The Labute approximate surface area is 485 Å². The van der Waals surface area contributed by atoms with Crippen LogP contribution in [0.4, 0.5) is 17.1 Å². The number of hydrogen-bond donors (Lipinski definition) is 0. The molecule has 73 heavy (non-hydrogen) atoms. The van der Waals surface area contributed by atoms with Crippen molar-refractivity contribution in [3.8, 4) is 0 Å². The zero-order valence-electron chi connectivity index (χ0n) is 46.1. The predicted molar refractivity (Wildman–Crippen MR) is 302 cm³/mol. The molecule has 10 heteroatoms. The first-order valence-corrected chi connectivity index (χ1v) is 30.2. The average molecular weight is 1070 g/mol. The zero-order chi connectivity index (χ0) is 50.5. The molecule has 0 spiro atoms. The van der Waals surface area contributed by atoms with E-state index in [-0.39, 0.29) is 33.9 Å². The Morgan fingerprint density at radius 1 is 0.425 bits per heavy atom. The third-order valence-electron chi connectivity index (χ3n) is 18.5. The average Bonchev–Trinajstić information content (AvgIpc) is 4.06. The van der Waals surface area contributed by atoms with Crippen molar-refractivity contribution in [3.05, 3.63) is 104 Å². The van der Waals surface area contributed by atoms with Crippen molar-refractivity contribution in [2.24, 2.45) is 57.1 Å². The molecule has 2 aliphatic heterocycles. The van der Waals surface area contributed by atoms with Gasteiger partial charge >= 0.3 is 79.7 Å². The Morgan fingerprint density at radius 3 is 0.740 bits per heavy atom. The van der Waals surface area contributed by atoms with Gasteiger partial charge in [-0.2, -0.15) is 0 Å². The first-order chi connectivity index (χ1) is 34.6. The quantitative estimate of drug-likeness (QED) is 0.140. The maximum absolute atomic E-state index is 5.27. The number of rotatable bonds is 6. The number of benzene rings is 3. The Balaban J connectivity index is 0.000000127. The van der Waals surface area contributed by atoms with Gasteiger partial charge in [-0.05, 0) is 178 Å². The molecule has 6 nitrogen and oxygen atoms in total. The second kappa shape index (κ2) is 26.1. The maximum Gasteiger partial charge on any atom is 1.00 e. The monoisotopic (exact) mass is 1070 g/mol. The van der Waals surface area contributed by atoms with Gasteiger partial charge in [0.15, 0.2) is 0 Å². The summed E-state index contributed by atoms with van der Waals surface area (Å²) in [5.41, 5.74) is 12.8.